The molecule has 3 N–H and O–H groups in total. The third-order valence-electron chi connectivity index (χ3n) is 3.23. The fourth-order valence-corrected chi connectivity index (χ4v) is 2.18. The number of nitrogens with one attached hydrogen (secondary N) is 1. The van der Waals surface area contributed by atoms with Crippen LogP contribution in [0.4, 0.5) is 5.82 Å². The molecule has 0 fully saturated rings. The topological polar surface area (TPSA) is 71.2 Å². The van der Waals surface area contributed by atoms with Crippen molar-refractivity contribution in [2.75, 3.05) is 12.0 Å². The summed E-state index contributed by atoms with van der Waals surface area (Å²) in [7, 11) is 0. The van der Waals surface area contributed by atoms with Crippen LogP contribution in [-0.2, 0) is 6.54 Å². The van der Waals surface area contributed by atoms with Crippen LogP contribution >= 0.6 is 0 Å². The first-order valence-electron chi connectivity index (χ1n) is 6.92. The van der Waals surface area contributed by atoms with E-state index in [0.29, 0.717) is 24.5 Å². The maximum atomic E-state index is 12.6. The normalized spacial score (nSPS) is 10.2. The molecule has 2 aromatic rings. The summed E-state index contributed by atoms with van der Waals surface area (Å²) in [5, 5.41) is 0. The largest absolute Gasteiger partial charge is 0.335 e. The molecule has 0 spiro atoms. The van der Waals surface area contributed by atoms with Crippen molar-refractivity contribution in [2.45, 2.75) is 20.4 Å². The van der Waals surface area contributed by atoms with Crippen molar-refractivity contribution in [2.24, 2.45) is 5.84 Å². The molecule has 2 rings (SSSR count). The highest BCUT2D eigenvalue weighted by molar-refractivity contribution is 5.95. The van der Waals surface area contributed by atoms with Gasteiger partial charge < -0.3 is 10.3 Å². The lowest BCUT2D eigenvalue weighted by Gasteiger charge is -2.21. The van der Waals surface area contributed by atoms with Gasteiger partial charge in [0.05, 0.1) is 0 Å². The van der Waals surface area contributed by atoms with E-state index < -0.39 is 0 Å². The van der Waals surface area contributed by atoms with E-state index in [9.17, 15) is 4.79 Å². The Bertz CT molecular complexity index is 613. The molecule has 0 unspecified atom stereocenters. The number of nitrogens with two attached hydrogens (primary N) is 1. The molecule has 0 radical (unpaired) electrons. The third kappa shape index (κ3) is 3.79. The minimum absolute atomic E-state index is 0.0247. The smallest absolute Gasteiger partial charge is 0.254 e. The van der Waals surface area contributed by atoms with E-state index in [0.717, 1.165) is 11.3 Å². The molecule has 0 aliphatic heterocycles. The third-order valence-corrected chi connectivity index (χ3v) is 3.23. The molecule has 1 heterocycles. The molecule has 0 aliphatic carbocycles. The number of benzene rings is 1. The zero-order chi connectivity index (χ0) is 15.2. The van der Waals surface area contributed by atoms with Gasteiger partial charge in [0.1, 0.15) is 5.82 Å². The molecule has 5 heteroatoms. The average Bonchev–Trinajstić information content (AvgIpc) is 2.52. The lowest BCUT2D eigenvalue weighted by atomic mass is 10.1. The van der Waals surface area contributed by atoms with E-state index in [2.05, 4.69) is 10.4 Å². The van der Waals surface area contributed by atoms with Crippen molar-refractivity contribution < 1.29 is 4.79 Å². The van der Waals surface area contributed by atoms with E-state index in [4.69, 9.17) is 5.84 Å². The summed E-state index contributed by atoms with van der Waals surface area (Å²) >= 11 is 0. The van der Waals surface area contributed by atoms with Crippen molar-refractivity contribution in [1.82, 2.24) is 9.88 Å². The van der Waals surface area contributed by atoms with Crippen molar-refractivity contribution in [1.29, 1.82) is 0 Å². The Balaban J connectivity index is 2.22. The highest BCUT2D eigenvalue weighted by atomic mass is 16.2. The van der Waals surface area contributed by atoms with Crippen LogP contribution < -0.4 is 11.3 Å². The first-order chi connectivity index (χ1) is 10.1. The number of aromatic nitrogens is 1. The summed E-state index contributed by atoms with van der Waals surface area (Å²) in [6, 6.07) is 13.4. The summed E-state index contributed by atoms with van der Waals surface area (Å²) in [6.07, 6.45) is 0. The molecule has 1 amide bonds. The van der Waals surface area contributed by atoms with Gasteiger partial charge in [-0.2, -0.15) is 0 Å². The highest BCUT2D eigenvalue weighted by Gasteiger charge is 2.16. The first-order valence-corrected chi connectivity index (χ1v) is 6.92. The van der Waals surface area contributed by atoms with Crippen molar-refractivity contribution in [3.8, 4) is 0 Å². The van der Waals surface area contributed by atoms with Crippen LogP contribution in [0.3, 0.4) is 0 Å². The Hall–Kier alpha value is -2.40. The van der Waals surface area contributed by atoms with Crippen LogP contribution in [0, 0.1) is 6.92 Å². The molecule has 0 atom stereocenters. The van der Waals surface area contributed by atoms with Crippen LogP contribution in [0.1, 0.15) is 28.5 Å². The van der Waals surface area contributed by atoms with Crippen molar-refractivity contribution in [3.63, 3.8) is 0 Å². The predicted molar refractivity (Wildman–Crippen MR) is 83.6 cm³/mol. The molecule has 110 valence electrons. The average molecular weight is 284 g/mol. The van der Waals surface area contributed by atoms with Gasteiger partial charge in [0.15, 0.2) is 0 Å². The molecule has 0 bridgehead atoms. The molecule has 0 saturated carbocycles. The van der Waals surface area contributed by atoms with Crippen molar-refractivity contribution >= 4 is 11.7 Å². The number of carbonyl (C=O) groups is 1. The van der Waals surface area contributed by atoms with Crippen molar-refractivity contribution in [3.05, 3.63) is 59.3 Å². The molecule has 1 aromatic carbocycles. The van der Waals surface area contributed by atoms with Gasteiger partial charge in [-0.15, -0.1) is 0 Å². The zero-order valence-corrected chi connectivity index (χ0v) is 12.3. The summed E-state index contributed by atoms with van der Waals surface area (Å²) in [5.41, 5.74) is 4.94. The van der Waals surface area contributed by atoms with Crippen LogP contribution in [0.5, 0.6) is 0 Å². The minimum Gasteiger partial charge on any atom is -0.335 e. The molecule has 21 heavy (non-hydrogen) atoms. The number of hydrogen-bond donors (Lipinski definition) is 2. The predicted octanol–water partition coefficient (Wildman–Crippen LogP) is 2.34. The molecular weight excluding hydrogens is 264 g/mol. The number of hydrazine groups is 1. The number of carbonyl (C=O) groups excluding carboxylic acids is 1. The van der Waals surface area contributed by atoms with Gasteiger partial charge in [-0.3, -0.25) is 4.79 Å². The van der Waals surface area contributed by atoms with Crippen LogP contribution in [0.2, 0.25) is 0 Å². The number of pyridine rings is 1. The number of amides is 1. The Morgan fingerprint density at radius 1 is 1.29 bits per heavy atom. The second-order valence-corrected chi connectivity index (χ2v) is 4.83. The number of nitrogen functional groups attached to an aromatic ring is 1. The number of aryl methyl sites for hydroxylation is 1. The van der Waals surface area contributed by atoms with Gasteiger partial charge in [-0.1, -0.05) is 30.3 Å². The number of hydrogen-bond acceptors (Lipinski definition) is 4. The lowest BCUT2D eigenvalue weighted by molar-refractivity contribution is 0.0752. The number of anilines is 1. The lowest BCUT2D eigenvalue weighted by Crippen LogP contribution is -2.30. The van der Waals surface area contributed by atoms with Gasteiger partial charge in [0, 0.05) is 24.3 Å². The van der Waals surface area contributed by atoms with E-state index in [1.807, 2.05) is 44.2 Å². The molecule has 0 saturated heterocycles. The Kier molecular flexibility index (Phi) is 4.90. The van der Waals surface area contributed by atoms with Crippen LogP contribution in [0.25, 0.3) is 0 Å². The second-order valence-electron chi connectivity index (χ2n) is 4.83. The summed E-state index contributed by atoms with van der Waals surface area (Å²) in [4.78, 5) is 18.6. The monoisotopic (exact) mass is 284 g/mol. The van der Waals surface area contributed by atoms with Gasteiger partial charge >= 0.3 is 0 Å². The second kappa shape index (κ2) is 6.85. The molecule has 1 aromatic heterocycles. The quantitative estimate of drug-likeness (QED) is 0.653. The Morgan fingerprint density at radius 3 is 2.62 bits per heavy atom. The molecular formula is C16H20N4O. The number of rotatable bonds is 5. The SMILES string of the molecule is CCN(Cc1ccccc1)C(=O)c1cc(C)nc(NN)c1. The maximum Gasteiger partial charge on any atom is 0.254 e. The fraction of sp³-hybridized carbons (Fsp3) is 0.250. The summed E-state index contributed by atoms with van der Waals surface area (Å²) in [5.74, 6) is 5.85. The van der Waals surface area contributed by atoms with Gasteiger partial charge in [0.2, 0.25) is 0 Å². The summed E-state index contributed by atoms with van der Waals surface area (Å²) in [6.45, 7) is 5.03. The maximum absolute atomic E-state index is 12.6. The Morgan fingerprint density at radius 2 is 2.00 bits per heavy atom. The Labute approximate surface area is 124 Å². The van der Waals surface area contributed by atoms with E-state index in [1.54, 1.807) is 17.0 Å². The van der Waals surface area contributed by atoms with Crippen LogP contribution in [-0.4, -0.2) is 22.3 Å². The number of nitrogens with zero attached hydrogens (tertiary/aromatic N) is 2. The fourth-order valence-electron chi connectivity index (χ4n) is 2.18. The standard InChI is InChI=1S/C16H20N4O/c1-3-20(11-13-7-5-4-6-8-13)16(21)14-9-12(2)18-15(10-14)19-17/h4-10H,3,11,17H2,1-2H3,(H,18,19). The van der Waals surface area contributed by atoms with Gasteiger partial charge in [-0.05, 0) is 31.5 Å². The summed E-state index contributed by atoms with van der Waals surface area (Å²) < 4.78 is 0. The molecule has 0 aliphatic rings. The van der Waals surface area contributed by atoms with E-state index in [-0.39, 0.29) is 5.91 Å². The first kappa shape index (κ1) is 15.0. The van der Waals surface area contributed by atoms with E-state index >= 15 is 0 Å². The van der Waals surface area contributed by atoms with E-state index in [1.165, 1.54) is 0 Å². The minimum atomic E-state index is -0.0247. The van der Waals surface area contributed by atoms with Gasteiger partial charge in [0.25, 0.3) is 5.91 Å². The molecule has 5 nitrogen and oxygen atoms in total. The van der Waals surface area contributed by atoms with Crippen LogP contribution in [0.15, 0.2) is 42.5 Å². The zero-order valence-electron chi connectivity index (χ0n) is 12.3. The highest BCUT2D eigenvalue weighted by Crippen LogP contribution is 2.14. The van der Waals surface area contributed by atoms with Gasteiger partial charge in [-0.25, -0.2) is 10.8 Å².